The molecule has 0 unspecified atom stereocenters. The maximum atomic E-state index is 12.8. The molecule has 0 saturated carbocycles. The summed E-state index contributed by atoms with van der Waals surface area (Å²) in [4.78, 5) is 17.5. The topological polar surface area (TPSA) is 35.6 Å². The van der Waals surface area contributed by atoms with E-state index in [1.165, 1.54) is 30.4 Å². The molecule has 2 amide bonds. The van der Waals surface area contributed by atoms with Crippen LogP contribution in [0.4, 0.5) is 10.5 Å². The van der Waals surface area contributed by atoms with E-state index in [4.69, 9.17) is 0 Å². The van der Waals surface area contributed by atoms with E-state index in [2.05, 4.69) is 41.4 Å². The number of urea groups is 1. The molecule has 142 valence electrons. The van der Waals surface area contributed by atoms with E-state index in [1.807, 2.05) is 35.2 Å². The minimum atomic E-state index is 0.0306. The first-order chi connectivity index (χ1) is 13.2. The lowest BCUT2D eigenvalue weighted by atomic mass is 9.86. The molecule has 0 aliphatic carbocycles. The average molecular weight is 364 g/mol. The molecule has 2 fully saturated rings. The van der Waals surface area contributed by atoms with Crippen LogP contribution in [0, 0.1) is 6.92 Å². The van der Waals surface area contributed by atoms with E-state index in [0.29, 0.717) is 0 Å². The SMILES string of the molecule is Cc1ccccc1CN1CCC[C@]12CCCN(C(=O)Nc1ccccc1)C2. The van der Waals surface area contributed by atoms with Crippen molar-refractivity contribution in [2.45, 2.75) is 44.7 Å². The minimum Gasteiger partial charge on any atom is -0.323 e. The molecule has 1 N–H and O–H groups in total. The fourth-order valence-electron chi connectivity index (χ4n) is 4.71. The molecule has 2 heterocycles. The van der Waals surface area contributed by atoms with Gasteiger partial charge >= 0.3 is 6.03 Å². The first kappa shape index (κ1) is 18.1. The third kappa shape index (κ3) is 3.86. The summed E-state index contributed by atoms with van der Waals surface area (Å²) in [6, 6.07) is 18.5. The van der Waals surface area contributed by atoms with Gasteiger partial charge in [0.2, 0.25) is 0 Å². The molecule has 2 aliphatic rings. The van der Waals surface area contributed by atoms with Crippen LogP contribution < -0.4 is 5.32 Å². The van der Waals surface area contributed by atoms with Crippen LogP contribution >= 0.6 is 0 Å². The second kappa shape index (κ2) is 7.73. The highest BCUT2D eigenvalue weighted by Crippen LogP contribution is 2.38. The Labute approximate surface area is 162 Å². The number of nitrogens with one attached hydrogen (secondary N) is 1. The smallest absolute Gasteiger partial charge is 0.321 e. The van der Waals surface area contributed by atoms with Gasteiger partial charge in [0.25, 0.3) is 0 Å². The monoisotopic (exact) mass is 363 g/mol. The van der Waals surface area contributed by atoms with Gasteiger partial charge in [0.1, 0.15) is 0 Å². The quantitative estimate of drug-likeness (QED) is 0.861. The molecule has 4 rings (SSSR count). The number of benzene rings is 2. The molecule has 2 aromatic carbocycles. The highest BCUT2D eigenvalue weighted by atomic mass is 16.2. The predicted molar refractivity (Wildman–Crippen MR) is 110 cm³/mol. The van der Waals surface area contributed by atoms with Crippen molar-refractivity contribution in [2.24, 2.45) is 0 Å². The lowest BCUT2D eigenvalue weighted by molar-refractivity contribution is 0.0533. The molecular formula is C23H29N3O. The molecule has 27 heavy (non-hydrogen) atoms. The number of likely N-dealkylation sites (tertiary alicyclic amines) is 2. The number of para-hydroxylation sites is 1. The number of carbonyl (C=O) groups excluding carboxylic acids is 1. The Kier molecular flexibility index (Phi) is 5.17. The van der Waals surface area contributed by atoms with Gasteiger partial charge in [-0.3, -0.25) is 4.90 Å². The normalized spacial score (nSPS) is 22.9. The van der Waals surface area contributed by atoms with E-state index in [1.54, 1.807) is 0 Å². The van der Waals surface area contributed by atoms with Crippen molar-refractivity contribution >= 4 is 11.7 Å². The van der Waals surface area contributed by atoms with Gasteiger partial charge in [-0.2, -0.15) is 0 Å². The van der Waals surface area contributed by atoms with Crippen molar-refractivity contribution in [2.75, 3.05) is 25.0 Å². The number of rotatable bonds is 3. The first-order valence-electron chi connectivity index (χ1n) is 10.1. The van der Waals surface area contributed by atoms with Crippen LogP contribution in [0.25, 0.3) is 0 Å². The van der Waals surface area contributed by atoms with Crippen molar-refractivity contribution in [3.05, 3.63) is 65.7 Å². The van der Waals surface area contributed by atoms with Crippen molar-refractivity contribution in [1.29, 1.82) is 0 Å². The Morgan fingerprint density at radius 2 is 1.70 bits per heavy atom. The van der Waals surface area contributed by atoms with Crippen LogP contribution in [0.5, 0.6) is 0 Å². The largest absolute Gasteiger partial charge is 0.323 e. The number of carbonyl (C=O) groups is 1. The fourth-order valence-corrected chi connectivity index (χ4v) is 4.71. The fraction of sp³-hybridized carbons (Fsp3) is 0.435. The minimum absolute atomic E-state index is 0.0306. The Morgan fingerprint density at radius 1 is 1.00 bits per heavy atom. The van der Waals surface area contributed by atoms with Crippen LogP contribution in [-0.2, 0) is 6.54 Å². The maximum absolute atomic E-state index is 12.8. The number of nitrogens with zero attached hydrogens (tertiary/aromatic N) is 2. The standard InChI is InChI=1S/C23H29N3O/c1-19-9-5-6-10-20(19)17-26-16-8-14-23(26)13-7-15-25(18-23)22(27)24-21-11-3-2-4-12-21/h2-6,9-12H,7-8,13-18H2,1H3,(H,24,27)/t23-/m0/s1. The lowest BCUT2D eigenvalue weighted by Crippen LogP contribution is -2.57. The molecule has 1 spiro atoms. The van der Waals surface area contributed by atoms with Crippen molar-refractivity contribution < 1.29 is 4.79 Å². The molecule has 0 radical (unpaired) electrons. The Hall–Kier alpha value is -2.33. The number of anilines is 1. The molecule has 2 aromatic rings. The molecule has 4 nitrogen and oxygen atoms in total. The summed E-state index contributed by atoms with van der Waals surface area (Å²) in [5.41, 5.74) is 3.76. The molecule has 0 aromatic heterocycles. The van der Waals surface area contributed by atoms with Gasteiger partial charge in [-0.25, -0.2) is 4.79 Å². The highest BCUT2D eigenvalue weighted by molar-refractivity contribution is 5.89. The summed E-state index contributed by atoms with van der Waals surface area (Å²) in [6.07, 6.45) is 4.68. The van der Waals surface area contributed by atoms with Gasteiger partial charge in [0, 0.05) is 30.9 Å². The third-order valence-electron chi connectivity index (χ3n) is 6.23. The molecule has 4 heteroatoms. The number of piperidine rings is 1. The summed E-state index contributed by atoms with van der Waals surface area (Å²) < 4.78 is 0. The van der Waals surface area contributed by atoms with E-state index < -0.39 is 0 Å². The van der Waals surface area contributed by atoms with Gasteiger partial charge < -0.3 is 10.2 Å². The summed E-state index contributed by atoms with van der Waals surface area (Å²) in [6.45, 7) is 5.98. The van der Waals surface area contributed by atoms with Crippen LogP contribution in [0.1, 0.15) is 36.8 Å². The van der Waals surface area contributed by atoms with Crippen LogP contribution in [-0.4, -0.2) is 41.0 Å². The third-order valence-corrected chi connectivity index (χ3v) is 6.23. The Balaban J connectivity index is 1.47. The van der Waals surface area contributed by atoms with Gasteiger partial charge in [-0.1, -0.05) is 42.5 Å². The molecule has 2 aliphatic heterocycles. The summed E-state index contributed by atoms with van der Waals surface area (Å²) in [5, 5.41) is 3.06. The second-order valence-corrected chi connectivity index (χ2v) is 8.00. The molecular weight excluding hydrogens is 334 g/mol. The van der Waals surface area contributed by atoms with Crippen molar-refractivity contribution in [3.8, 4) is 0 Å². The van der Waals surface area contributed by atoms with Gasteiger partial charge in [0.05, 0.1) is 0 Å². The number of amides is 2. The van der Waals surface area contributed by atoms with Crippen molar-refractivity contribution in [1.82, 2.24) is 9.80 Å². The predicted octanol–water partition coefficient (Wildman–Crippen LogP) is 4.66. The van der Waals surface area contributed by atoms with Crippen LogP contribution in [0.2, 0.25) is 0 Å². The summed E-state index contributed by atoms with van der Waals surface area (Å²) in [7, 11) is 0. The van der Waals surface area contributed by atoms with Gasteiger partial charge in [-0.15, -0.1) is 0 Å². The zero-order valence-electron chi connectivity index (χ0n) is 16.2. The number of aryl methyl sites for hydroxylation is 1. The molecule has 2 saturated heterocycles. The maximum Gasteiger partial charge on any atom is 0.321 e. The van der Waals surface area contributed by atoms with E-state index in [9.17, 15) is 4.79 Å². The summed E-state index contributed by atoms with van der Waals surface area (Å²) >= 11 is 0. The second-order valence-electron chi connectivity index (χ2n) is 8.00. The number of hydrogen-bond donors (Lipinski definition) is 1. The number of hydrogen-bond acceptors (Lipinski definition) is 2. The molecule has 1 atom stereocenters. The average Bonchev–Trinajstić information content (AvgIpc) is 3.06. The Bertz CT molecular complexity index is 791. The molecule has 0 bridgehead atoms. The van der Waals surface area contributed by atoms with E-state index in [0.717, 1.165) is 38.3 Å². The lowest BCUT2D eigenvalue weighted by Gasteiger charge is -2.46. The highest BCUT2D eigenvalue weighted by Gasteiger charge is 2.44. The first-order valence-corrected chi connectivity index (χ1v) is 10.1. The summed E-state index contributed by atoms with van der Waals surface area (Å²) in [5.74, 6) is 0. The Morgan fingerprint density at radius 3 is 2.48 bits per heavy atom. The van der Waals surface area contributed by atoms with E-state index in [-0.39, 0.29) is 11.6 Å². The zero-order chi connectivity index (χ0) is 18.7. The van der Waals surface area contributed by atoms with Crippen molar-refractivity contribution in [3.63, 3.8) is 0 Å². The van der Waals surface area contributed by atoms with E-state index >= 15 is 0 Å². The van der Waals surface area contributed by atoms with Crippen LogP contribution in [0.15, 0.2) is 54.6 Å². The van der Waals surface area contributed by atoms with Crippen LogP contribution in [0.3, 0.4) is 0 Å². The van der Waals surface area contributed by atoms with Gasteiger partial charge in [-0.05, 0) is 62.4 Å². The zero-order valence-corrected chi connectivity index (χ0v) is 16.2. The van der Waals surface area contributed by atoms with Gasteiger partial charge in [0.15, 0.2) is 0 Å².